The lowest BCUT2D eigenvalue weighted by molar-refractivity contribution is -0.130. The van der Waals surface area contributed by atoms with Crippen LogP contribution in [-0.2, 0) is 4.79 Å². The van der Waals surface area contributed by atoms with E-state index in [1.807, 2.05) is 0 Å². The van der Waals surface area contributed by atoms with Gasteiger partial charge in [-0.15, -0.1) is 0 Å². The van der Waals surface area contributed by atoms with E-state index in [-0.39, 0.29) is 16.2 Å². The maximum absolute atomic E-state index is 13.6. The van der Waals surface area contributed by atoms with E-state index in [1.54, 1.807) is 31.2 Å². The van der Waals surface area contributed by atoms with Crippen LogP contribution in [0.25, 0.3) is 11.6 Å². The number of aryl methyl sites for hydroxylation is 1. The van der Waals surface area contributed by atoms with E-state index in [9.17, 15) is 14.3 Å². The lowest BCUT2D eigenvalue weighted by Gasteiger charge is -2.06. The molecular formula is C16H11Cl2FO2. The summed E-state index contributed by atoms with van der Waals surface area (Å²) in [4.78, 5) is 11.4. The second kappa shape index (κ2) is 6.29. The molecule has 0 aliphatic heterocycles. The van der Waals surface area contributed by atoms with Gasteiger partial charge in [0.15, 0.2) is 0 Å². The predicted octanol–water partition coefficient (Wildman–Crippen LogP) is 5.07. The first-order chi connectivity index (χ1) is 9.90. The van der Waals surface area contributed by atoms with Gasteiger partial charge in [0.2, 0.25) is 0 Å². The Morgan fingerprint density at radius 3 is 2.57 bits per heavy atom. The van der Waals surface area contributed by atoms with E-state index < -0.39 is 11.8 Å². The van der Waals surface area contributed by atoms with Crippen molar-refractivity contribution in [3.63, 3.8) is 0 Å². The highest BCUT2D eigenvalue weighted by molar-refractivity contribution is 6.43. The van der Waals surface area contributed by atoms with Crippen molar-refractivity contribution >= 4 is 40.8 Å². The molecule has 0 saturated heterocycles. The minimum Gasteiger partial charge on any atom is -0.478 e. The number of halogens is 3. The molecular weight excluding hydrogens is 314 g/mol. The predicted molar refractivity (Wildman–Crippen MR) is 83.1 cm³/mol. The number of carboxylic acids is 1. The van der Waals surface area contributed by atoms with E-state index >= 15 is 0 Å². The highest BCUT2D eigenvalue weighted by Gasteiger charge is 2.13. The normalized spacial score (nSPS) is 11.5. The fraction of sp³-hybridized carbons (Fsp3) is 0.0625. The molecule has 0 atom stereocenters. The van der Waals surface area contributed by atoms with Crippen molar-refractivity contribution in [2.24, 2.45) is 0 Å². The molecule has 0 heterocycles. The van der Waals surface area contributed by atoms with E-state index in [0.717, 1.165) is 0 Å². The molecule has 108 valence electrons. The van der Waals surface area contributed by atoms with E-state index in [0.29, 0.717) is 16.1 Å². The van der Waals surface area contributed by atoms with Gasteiger partial charge in [-0.1, -0.05) is 47.5 Å². The fourth-order valence-electron chi connectivity index (χ4n) is 1.82. The Morgan fingerprint density at radius 1 is 1.24 bits per heavy atom. The molecule has 0 aromatic heterocycles. The molecule has 0 aliphatic rings. The Morgan fingerprint density at radius 2 is 1.95 bits per heavy atom. The van der Waals surface area contributed by atoms with Gasteiger partial charge in [0.1, 0.15) is 5.82 Å². The van der Waals surface area contributed by atoms with Gasteiger partial charge < -0.3 is 5.11 Å². The van der Waals surface area contributed by atoms with Crippen LogP contribution in [0.1, 0.15) is 16.7 Å². The number of hydrogen-bond acceptors (Lipinski definition) is 1. The third kappa shape index (κ3) is 3.43. The van der Waals surface area contributed by atoms with Crippen molar-refractivity contribution in [1.82, 2.24) is 0 Å². The molecule has 1 N–H and O–H groups in total. The number of carbonyl (C=O) groups is 1. The molecule has 0 unspecified atom stereocenters. The van der Waals surface area contributed by atoms with Crippen LogP contribution >= 0.6 is 23.2 Å². The topological polar surface area (TPSA) is 37.3 Å². The fourth-order valence-corrected chi connectivity index (χ4v) is 2.18. The Labute approximate surface area is 131 Å². The molecule has 0 saturated carbocycles. The molecule has 0 radical (unpaired) electrons. The molecule has 0 fully saturated rings. The summed E-state index contributed by atoms with van der Waals surface area (Å²) in [5.41, 5.74) is 1.12. The van der Waals surface area contributed by atoms with Gasteiger partial charge in [0, 0.05) is 0 Å². The number of rotatable bonds is 3. The average molecular weight is 325 g/mol. The molecule has 0 aliphatic carbocycles. The van der Waals surface area contributed by atoms with Gasteiger partial charge in [-0.2, -0.15) is 0 Å². The first kappa shape index (κ1) is 15.5. The standard InChI is InChI=1S/C16H11Cl2FO2/c1-9-5-6-10(8-14(9)19)12(16(20)21)7-11-3-2-4-13(17)15(11)18/h2-8H,1H3,(H,20,21)/b12-7-. The number of carboxylic acid groups (broad SMARTS) is 1. The molecule has 0 bridgehead atoms. The van der Waals surface area contributed by atoms with E-state index in [1.165, 1.54) is 18.2 Å². The van der Waals surface area contributed by atoms with Crippen LogP contribution in [0.2, 0.25) is 10.0 Å². The summed E-state index contributed by atoms with van der Waals surface area (Å²) in [6.45, 7) is 1.61. The molecule has 2 aromatic carbocycles. The zero-order valence-electron chi connectivity index (χ0n) is 11.0. The largest absolute Gasteiger partial charge is 0.478 e. The third-order valence-corrected chi connectivity index (χ3v) is 3.83. The SMILES string of the molecule is Cc1ccc(/C(=C/c2cccc(Cl)c2Cl)C(=O)O)cc1F. The second-order valence-electron chi connectivity index (χ2n) is 4.47. The van der Waals surface area contributed by atoms with Gasteiger partial charge >= 0.3 is 5.97 Å². The lowest BCUT2D eigenvalue weighted by atomic mass is 10.0. The quantitative estimate of drug-likeness (QED) is 0.632. The summed E-state index contributed by atoms with van der Waals surface area (Å²) < 4.78 is 13.6. The van der Waals surface area contributed by atoms with Crippen LogP contribution in [0.15, 0.2) is 36.4 Å². The molecule has 2 rings (SSSR count). The number of benzene rings is 2. The van der Waals surface area contributed by atoms with E-state index in [2.05, 4.69) is 0 Å². The van der Waals surface area contributed by atoms with Crippen LogP contribution in [-0.4, -0.2) is 11.1 Å². The van der Waals surface area contributed by atoms with E-state index in [4.69, 9.17) is 23.2 Å². The maximum Gasteiger partial charge on any atom is 0.336 e. The average Bonchev–Trinajstić information content (AvgIpc) is 2.43. The molecule has 21 heavy (non-hydrogen) atoms. The summed E-state index contributed by atoms with van der Waals surface area (Å²) in [6.07, 6.45) is 1.38. The van der Waals surface area contributed by atoms with Gasteiger partial charge in [0.25, 0.3) is 0 Å². The van der Waals surface area contributed by atoms with Crippen LogP contribution < -0.4 is 0 Å². The zero-order chi connectivity index (χ0) is 15.6. The van der Waals surface area contributed by atoms with Crippen LogP contribution in [0.5, 0.6) is 0 Å². The monoisotopic (exact) mass is 324 g/mol. The summed E-state index contributed by atoms with van der Waals surface area (Å²) >= 11 is 11.9. The minimum absolute atomic E-state index is 0.0573. The highest BCUT2D eigenvalue weighted by Crippen LogP contribution is 2.29. The smallest absolute Gasteiger partial charge is 0.336 e. The van der Waals surface area contributed by atoms with Crippen molar-refractivity contribution < 1.29 is 14.3 Å². The van der Waals surface area contributed by atoms with Gasteiger partial charge in [-0.3, -0.25) is 0 Å². The van der Waals surface area contributed by atoms with Gasteiger partial charge in [-0.25, -0.2) is 9.18 Å². The Hall–Kier alpha value is -1.84. The lowest BCUT2D eigenvalue weighted by Crippen LogP contribution is -2.01. The molecule has 0 spiro atoms. The highest BCUT2D eigenvalue weighted by atomic mass is 35.5. The summed E-state index contributed by atoms with van der Waals surface area (Å²) in [5, 5.41) is 9.92. The van der Waals surface area contributed by atoms with Crippen molar-refractivity contribution in [3.05, 3.63) is 69.0 Å². The third-order valence-electron chi connectivity index (χ3n) is 2.99. The summed E-state index contributed by atoms with van der Waals surface area (Å²) in [7, 11) is 0. The van der Waals surface area contributed by atoms with Crippen LogP contribution in [0, 0.1) is 12.7 Å². The van der Waals surface area contributed by atoms with Crippen molar-refractivity contribution in [2.45, 2.75) is 6.92 Å². The Bertz CT molecular complexity index is 739. The summed E-state index contributed by atoms with van der Waals surface area (Å²) in [5.74, 6) is -1.63. The first-order valence-electron chi connectivity index (χ1n) is 6.05. The minimum atomic E-state index is -1.17. The zero-order valence-corrected chi connectivity index (χ0v) is 12.5. The molecule has 5 heteroatoms. The Kier molecular flexibility index (Phi) is 4.66. The van der Waals surface area contributed by atoms with Gasteiger partial charge in [0.05, 0.1) is 15.6 Å². The van der Waals surface area contributed by atoms with Crippen LogP contribution in [0.4, 0.5) is 4.39 Å². The first-order valence-corrected chi connectivity index (χ1v) is 6.81. The maximum atomic E-state index is 13.6. The Balaban J connectivity index is 2.58. The number of aliphatic carboxylic acids is 1. The van der Waals surface area contributed by atoms with Crippen molar-refractivity contribution in [3.8, 4) is 0 Å². The van der Waals surface area contributed by atoms with Crippen LogP contribution in [0.3, 0.4) is 0 Å². The van der Waals surface area contributed by atoms with Crippen molar-refractivity contribution in [2.75, 3.05) is 0 Å². The molecule has 0 amide bonds. The second-order valence-corrected chi connectivity index (χ2v) is 5.26. The molecule has 2 aromatic rings. The summed E-state index contributed by atoms with van der Waals surface area (Å²) in [6, 6.07) is 9.18. The van der Waals surface area contributed by atoms with Gasteiger partial charge in [-0.05, 0) is 41.8 Å². The molecule has 2 nitrogen and oxygen atoms in total. The van der Waals surface area contributed by atoms with Crippen molar-refractivity contribution in [1.29, 1.82) is 0 Å². The number of hydrogen-bond donors (Lipinski definition) is 1.